The molecule has 0 spiro atoms. The molecule has 0 radical (unpaired) electrons. The number of hydrogen-bond acceptors (Lipinski definition) is 4. The maximum atomic E-state index is 11.6. The van der Waals surface area contributed by atoms with Gasteiger partial charge in [-0.1, -0.05) is 19.0 Å². The molecular formula is C15H17N3O4. The lowest BCUT2D eigenvalue weighted by Crippen LogP contribution is -2.17. The Kier molecular flexibility index (Phi) is 4.45. The van der Waals surface area contributed by atoms with E-state index in [9.17, 15) is 9.59 Å². The van der Waals surface area contributed by atoms with Crippen molar-refractivity contribution < 1.29 is 19.2 Å². The Morgan fingerprint density at radius 1 is 1.18 bits per heavy atom. The Morgan fingerprint density at radius 2 is 1.82 bits per heavy atom. The van der Waals surface area contributed by atoms with Crippen LogP contribution in [0.3, 0.4) is 0 Å². The lowest BCUT2D eigenvalue weighted by Gasteiger charge is -2.08. The van der Waals surface area contributed by atoms with E-state index in [0.717, 1.165) is 0 Å². The molecule has 0 bridgehead atoms. The van der Waals surface area contributed by atoms with E-state index < -0.39 is 6.09 Å². The minimum absolute atomic E-state index is 0.0727. The number of anilines is 2. The van der Waals surface area contributed by atoms with Gasteiger partial charge in [0.05, 0.1) is 0 Å². The minimum atomic E-state index is -1.19. The van der Waals surface area contributed by atoms with Crippen LogP contribution >= 0.6 is 0 Å². The van der Waals surface area contributed by atoms with Crippen LogP contribution in [0.1, 0.15) is 19.5 Å². The predicted molar refractivity (Wildman–Crippen MR) is 81.8 cm³/mol. The van der Waals surface area contributed by atoms with Gasteiger partial charge in [0.25, 0.3) is 0 Å². The van der Waals surface area contributed by atoms with E-state index in [2.05, 4.69) is 15.8 Å². The summed E-state index contributed by atoms with van der Waals surface area (Å²) in [6.45, 7) is 5.27. The molecule has 116 valence electrons. The zero-order valence-electron chi connectivity index (χ0n) is 12.5. The fourth-order valence-electron chi connectivity index (χ4n) is 1.81. The van der Waals surface area contributed by atoms with E-state index in [4.69, 9.17) is 9.63 Å². The molecule has 1 heterocycles. The van der Waals surface area contributed by atoms with Crippen molar-refractivity contribution in [3.63, 3.8) is 0 Å². The molecule has 0 aliphatic carbocycles. The van der Waals surface area contributed by atoms with Crippen molar-refractivity contribution in [2.24, 2.45) is 5.92 Å². The van der Waals surface area contributed by atoms with Gasteiger partial charge >= 0.3 is 6.09 Å². The molecule has 1 aromatic carbocycles. The zero-order chi connectivity index (χ0) is 16.3. The Balaban J connectivity index is 2.24. The number of carbonyl (C=O) groups excluding carboxylic acids is 1. The lowest BCUT2D eigenvalue weighted by atomic mass is 10.1. The summed E-state index contributed by atoms with van der Waals surface area (Å²) in [6.07, 6.45) is -1.19. The highest BCUT2D eigenvalue weighted by Crippen LogP contribution is 2.31. The van der Waals surface area contributed by atoms with E-state index in [1.54, 1.807) is 31.2 Å². The molecule has 1 aromatic heterocycles. The van der Waals surface area contributed by atoms with Crippen LogP contribution in [0.25, 0.3) is 11.3 Å². The van der Waals surface area contributed by atoms with Gasteiger partial charge < -0.3 is 14.9 Å². The van der Waals surface area contributed by atoms with Crippen molar-refractivity contribution in [1.29, 1.82) is 0 Å². The summed E-state index contributed by atoms with van der Waals surface area (Å²) in [5.74, 6) is 0.154. The topological polar surface area (TPSA) is 104 Å². The molecule has 7 nitrogen and oxygen atoms in total. The van der Waals surface area contributed by atoms with Crippen molar-refractivity contribution in [3.05, 3.63) is 30.0 Å². The molecule has 0 unspecified atom stereocenters. The van der Waals surface area contributed by atoms with Gasteiger partial charge in [-0.25, -0.2) is 4.79 Å². The summed E-state index contributed by atoms with van der Waals surface area (Å²) in [5.41, 5.74) is 2.08. The van der Waals surface area contributed by atoms with Crippen molar-refractivity contribution in [3.8, 4) is 11.3 Å². The highest BCUT2D eigenvalue weighted by Gasteiger charge is 2.17. The van der Waals surface area contributed by atoms with Crippen molar-refractivity contribution in [1.82, 2.24) is 5.16 Å². The van der Waals surface area contributed by atoms with Gasteiger partial charge in [0.2, 0.25) is 5.91 Å². The SMILES string of the molecule is Cc1noc(-c2ccc(NC(=O)C(C)C)cc2)c1NC(=O)O. The van der Waals surface area contributed by atoms with E-state index >= 15 is 0 Å². The number of carboxylic acid groups (broad SMARTS) is 1. The molecule has 3 N–H and O–H groups in total. The number of nitrogens with zero attached hydrogens (tertiary/aromatic N) is 1. The molecular weight excluding hydrogens is 286 g/mol. The van der Waals surface area contributed by atoms with Gasteiger partial charge in [-0.15, -0.1) is 0 Å². The van der Waals surface area contributed by atoms with Crippen LogP contribution in [0.4, 0.5) is 16.2 Å². The largest absolute Gasteiger partial charge is 0.465 e. The molecule has 0 aliphatic heterocycles. The Bertz CT molecular complexity index is 689. The second kappa shape index (κ2) is 6.30. The molecule has 0 saturated heterocycles. The third-order valence-electron chi connectivity index (χ3n) is 3.03. The normalized spacial score (nSPS) is 10.5. The first-order chi connectivity index (χ1) is 10.4. The highest BCUT2D eigenvalue weighted by atomic mass is 16.5. The molecule has 22 heavy (non-hydrogen) atoms. The number of nitrogens with one attached hydrogen (secondary N) is 2. The quantitative estimate of drug-likeness (QED) is 0.803. The number of aromatic nitrogens is 1. The van der Waals surface area contributed by atoms with E-state index in [1.165, 1.54) is 0 Å². The monoisotopic (exact) mass is 303 g/mol. The number of hydrogen-bond donors (Lipinski definition) is 3. The summed E-state index contributed by atoms with van der Waals surface area (Å²) in [6, 6.07) is 6.89. The standard InChI is InChI=1S/C15H17N3O4/c1-8(2)14(19)16-11-6-4-10(5-7-11)13-12(17-15(20)21)9(3)18-22-13/h4-8,17H,1-3H3,(H,16,19)(H,20,21). The Hall–Kier alpha value is -2.83. The van der Waals surface area contributed by atoms with Gasteiger partial charge in [0, 0.05) is 17.2 Å². The van der Waals surface area contributed by atoms with Crippen LogP contribution in [-0.4, -0.2) is 22.3 Å². The zero-order valence-corrected chi connectivity index (χ0v) is 12.5. The van der Waals surface area contributed by atoms with Crippen LogP contribution in [0.2, 0.25) is 0 Å². The average molecular weight is 303 g/mol. The van der Waals surface area contributed by atoms with Crippen molar-refractivity contribution in [2.45, 2.75) is 20.8 Å². The van der Waals surface area contributed by atoms with E-state index in [-0.39, 0.29) is 11.8 Å². The smallest absolute Gasteiger partial charge is 0.409 e. The third-order valence-corrected chi connectivity index (χ3v) is 3.03. The maximum Gasteiger partial charge on any atom is 0.409 e. The summed E-state index contributed by atoms with van der Waals surface area (Å²) in [4.78, 5) is 22.4. The van der Waals surface area contributed by atoms with Gasteiger partial charge in [-0.05, 0) is 31.2 Å². The fourth-order valence-corrected chi connectivity index (χ4v) is 1.81. The van der Waals surface area contributed by atoms with E-state index in [1.807, 2.05) is 13.8 Å². The maximum absolute atomic E-state index is 11.6. The summed E-state index contributed by atoms with van der Waals surface area (Å²) in [7, 11) is 0. The molecule has 0 atom stereocenters. The number of amides is 2. The first-order valence-corrected chi connectivity index (χ1v) is 6.76. The minimum Gasteiger partial charge on any atom is -0.465 e. The fraction of sp³-hybridized carbons (Fsp3) is 0.267. The molecule has 7 heteroatoms. The first-order valence-electron chi connectivity index (χ1n) is 6.76. The van der Waals surface area contributed by atoms with Gasteiger partial charge in [0.1, 0.15) is 11.4 Å². The second-order valence-corrected chi connectivity index (χ2v) is 5.12. The number of aryl methyl sites for hydroxylation is 1. The van der Waals surface area contributed by atoms with Gasteiger partial charge in [-0.2, -0.15) is 0 Å². The van der Waals surface area contributed by atoms with Crippen LogP contribution in [0.15, 0.2) is 28.8 Å². The average Bonchev–Trinajstić information content (AvgIpc) is 2.80. The molecule has 2 aromatic rings. The molecule has 0 aliphatic rings. The molecule has 0 saturated carbocycles. The van der Waals surface area contributed by atoms with Crippen LogP contribution in [0, 0.1) is 12.8 Å². The first kappa shape index (κ1) is 15.6. The molecule has 0 fully saturated rings. The molecule has 2 amide bonds. The van der Waals surface area contributed by atoms with Crippen molar-refractivity contribution >= 4 is 23.4 Å². The highest BCUT2D eigenvalue weighted by molar-refractivity contribution is 5.93. The number of benzene rings is 1. The molecule has 2 rings (SSSR count). The number of carbonyl (C=O) groups is 2. The van der Waals surface area contributed by atoms with Gasteiger partial charge in [0.15, 0.2) is 5.76 Å². The predicted octanol–water partition coefficient (Wildman–Crippen LogP) is 3.33. The van der Waals surface area contributed by atoms with E-state index in [0.29, 0.717) is 28.4 Å². The van der Waals surface area contributed by atoms with Crippen LogP contribution in [-0.2, 0) is 4.79 Å². The summed E-state index contributed by atoms with van der Waals surface area (Å²) >= 11 is 0. The van der Waals surface area contributed by atoms with Crippen LogP contribution in [0.5, 0.6) is 0 Å². The number of rotatable bonds is 4. The van der Waals surface area contributed by atoms with Gasteiger partial charge in [-0.3, -0.25) is 10.1 Å². The summed E-state index contributed by atoms with van der Waals surface area (Å²) < 4.78 is 5.18. The van der Waals surface area contributed by atoms with Crippen LogP contribution < -0.4 is 10.6 Å². The second-order valence-electron chi connectivity index (χ2n) is 5.12. The summed E-state index contributed by atoms with van der Waals surface area (Å²) in [5, 5.41) is 17.7. The lowest BCUT2D eigenvalue weighted by molar-refractivity contribution is -0.118. The third kappa shape index (κ3) is 3.43. The Labute approximate surface area is 127 Å². The van der Waals surface area contributed by atoms with Crippen molar-refractivity contribution in [2.75, 3.05) is 10.6 Å². The Morgan fingerprint density at radius 3 is 2.36 bits per heavy atom.